The van der Waals surface area contributed by atoms with Gasteiger partial charge in [-0.1, -0.05) is 20.8 Å². The number of likely N-dealkylation sites (N-methyl/N-ethyl adjacent to an activating group) is 1. The van der Waals surface area contributed by atoms with Crippen molar-refractivity contribution >= 4 is 5.97 Å². The molecule has 0 saturated heterocycles. The zero-order valence-electron chi connectivity index (χ0n) is 25.5. The van der Waals surface area contributed by atoms with Crippen molar-refractivity contribution < 1.29 is 45.6 Å². The molecule has 0 amide bonds. The van der Waals surface area contributed by atoms with E-state index in [1.807, 2.05) is 0 Å². The van der Waals surface area contributed by atoms with Crippen LogP contribution in [0.2, 0.25) is 0 Å². The predicted octanol–water partition coefficient (Wildman–Crippen LogP) is 1.47. The van der Waals surface area contributed by atoms with Gasteiger partial charge in [0.05, 0.1) is 12.7 Å². The second kappa shape index (κ2) is 13.8. The fraction of sp³-hybridized carbons (Fsp3) is 0.968. The largest absolute Gasteiger partial charge is 0.481 e. The van der Waals surface area contributed by atoms with Gasteiger partial charge in [0.2, 0.25) is 0 Å². The lowest BCUT2D eigenvalue weighted by molar-refractivity contribution is -0.313. The van der Waals surface area contributed by atoms with Gasteiger partial charge >= 0.3 is 5.97 Å². The third-order valence-corrected chi connectivity index (χ3v) is 12.2. The van der Waals surface area contributed by atoms with Gasteiger partial charge in [0.25, 0.3) is 0 Å². The van der Waals surface area contributed by atoms with Gasteiger partial charge in [0.1, 0.15) is 18.3 Å². The molecule has 0 aromatic carbocycles. The first-order valence-corrected chi connectivity index (χ1v) is 15.8. The summed E-state index contributed by atoms with van der Waals surface area (Å²) in [6.07, 6.45) is 5.16. The van der Waals surface area contributed by atoms with Crippen LogP contribution in [-0.2, 0) is 4.79 Å². The monoisotopic (exact) mass is 587 g/mol. The topological polar surface area (TPSA) is 191 Å². The van der Waals surface area contributed by atoms with E-state index in [1.165, 1.54) is 25.7 Å². The number of rotatable bonds is 10. The first kappa shape index (κ1) is 34.6. The minimum absolute atomic E-state index is 0.0936. The van der Waals surface area contributed by atoms with Crippen molar-refractivity contribution in [3.63, 3.8) is 0 Å². The van der Waals surface area contributed by atoms with Crippen molar-refractivity contribution in [2.75, 3.05) is 20.2 Å². The van der Waals surface area contributed by atoms with E-state index in [0.29, 0.717) is 47.3 Å². The van der Waals surface area contributed by atoms with Gasteiger partial charge in [0, 0.05) is 24.8 Å². The zero-order chi connectivity index (χ0) is 30.8. The molecule has 10 heteroatoms. The van der Waals surface area contributed by atoms with Crippen LogP contribution in [0.5, 0.6) is 0 Å². The Bertz CT molecular complexity index is 857. The molecule has 4 aliphatic rings. The van der Waals surface area contributed by atoms with Crippen LogP contribution in [0.25, 0.3) is 0 Å². The number of hydrogen-bond acceptors (Lipinski definition) is 9. The van der Waals surface area contributed by atoms with Gasteiger partial charge in [-0.05, 0) is 106 Å². The first-order valence-electron chi connectivity index (χ1n) is 15.8. The molecule has 0 heterocycles. The van der Waals surface area contributed by atoms with Crippen molar-refractivity contribution in [3.05, 3.63) is 0 Å². The molecule has 4 aliphatic carbocycles. The second-order valence-corrected chi connectivity index (χ2v) is 14.1. The molecule has 0 aliphatic heterocycles. The number of aliphatic carboxylic acids is 1. The highest BCUT2D eigenvalue weighted by atomic mass is 16.5. The van der Waals surface area contributed by atoms with Crippen LogP contribution in [0.3, 0.4) is 0 Å². The highest BCUT2D eigenvalue weighted by Gasteiger charge is 2.65. The van der Waals surface area contributed by atoms with E-state index in [9.17, 15) is 20.1 Å². The molecule has 240 valence electrons. The van der Waals surface area contributed by atoms with Crippen LogP contribution in [0, 0.1) is 46.3 Å². The van der Waals surface area contributed by atoms with E-state index in [2.05, 4.69) is 26.1 Å². The third-order valence-electron chi connectivity index (χ3n) is 12.2. The maximum atomic E-state index is 11.1. The molecule has 0 radical (unpaired) electrons. The van der Waals surface area contributed by atoms with Gasteiger partial charge in [-0.15, -0.1) is 0 Å². The van der Waals surface area contributed by atoms with E-state index >= 15 is 0 Å². The Morgan fingerprint density at radius 3 is 2.17 bits per heavy atom. The number of carbonyl (C=O) groups is 1. The van der Waals surface area contributed by atoms with Crippen molar-refractivity contribution in [2.24, 2.45) is 46.3 Å². The van der Waals surface area contributed by atoms with Crippen molar-refractivity contribution in [2.45, 2.75) is 122 Å². The summed E-state index contributed by atoms with van der Waals surface area (Å²) in [5.41, 5.74) is -0.0625. The normalized spacial score (nSPS) is 39.5. The lowest BCUT2D eigenvalue weighted by atomic mass is 9.43. The quantitative estimate of drug-likeness (QED) is 0.169. The van der Waals surface area contributed by atoms with Crippen LogP contribution >= 0.6 is 0 Å². The van der Waals surface area contributed by atoms with Gasteiger partial charge in [-0.25, -0.2) is 0 Å². The van der Waals surface area contributed by atoms with Crippen LogP contribution in [0.4, 0.5) is 0 Å². The Kier molecular flexibility index (Phi) is 11.7. The summed E-state index contributed by atoms with van der Waals surface area (Å²) >= 11 is 0. The van der Waals surface area contributed by atoms with E-state index < -0.39 is 42.8 Å². The molecule has 4 saturated carbocycles. The number of fused-ring (bicyclic) bond motifs is 5. The lowest BCUT2D eigenvalue weighted by Gasteiger charge is -2.63. The van der Waals surface area contributed by atoms with Crippen molar-refractivity contribution in [1.82, 2.24) is 5.32 Å². The maximum absolute atomic E-state index is 11.1. The Morgan fingerprint density at radius 2 is 1.56 bits per heavy atom. The summed E-state index contributed by atoms with van der Waals surface area (Å²) in [5.74, 6) is 1.02. The molecule has 0 unspecified atom stereocenters. The molecule has 10 nitrogen and oxygen atoms in total. The lowest BCUT2D eigenvalue weighted by Crippen LogP contribution is -2.63. The molecule has 0 aromatic heterocycles. The number of nitrogens with one attached hydrogen (secondary N) is 1. The third kappa shape index (κ3) is 6.80. The fourth-order valence-electron chi connectivity index (χ4n) is 9.78. The highest BCUT2D eigenvalue weighted by Crippen LogP contribution is 2.69. The molecule has 4 fully saturated rings. The van der Waals surface area contributed by atoms with Gasteiger partial charge in [0.15, 0.2) is 5.79 Å². The Balaban J connectivity index is 0.000000302. The summed E-state index contributed by atoms with van der Waals surface area (Å²) in [5, 5.41) is 78.6. The summed E-state index contributed by atoms with van der Waals surface area (Å²) in [6.45, 7) is 6.36. The standard InChI is InChI=1S/C24H40O4.C7H17NO5/c1-15(6-11-21(25)26)18-9-10-19-17-8-7-16-5-4-13-24(27,28)23(16,3)20(17)12-14-22(18,19)2;1-8-2-4(10)6(12)7(13)5(11)3-9/h15-20,27-28H,4-14H2,1-3H3,(H,25,26);4-13H,2-3H2,1H3/t15-,16+,17+,18-,19+,20+,22-,23+;4-,5+,6+,7+/m10/s1. The number of hydrogen-bond donors (Lipinski definition) is 9. The Hall–Kier alpha value is -0.850. The minimum atomic E-state index is -1.55. The van der Waals surface area contributed by atoms with Crippen molar-refractivity contribution in [1.29, 1.82) is 0 Å². The van der Waals surface area contributed by atoms with Gasteiger partial charge < -0.3 is 46.2 Å². The Morgan fingerprint density at radius 1 is 0.902 bits per heavy atom. The van der Waals surface area contributed by atoms with Crippen LogP contribution < -0.4 is 5.32 Å². The molecule has 4 rings (SSSR count). The molecular formula is C31H57NO9. The predicted molar refractivity (Wildman–Crippen MR) is 153 cm³/mol. The first-order chi connectivity index (χ1) is 19.1. The number of carboxylic acids is 1. The molecular weight excluding hydrogens is 530 g/mol. The van der Waals surface area contributed by atoms with Crippen LogP contribution in [0.15, 0.2) is 0 Å². The van der Waals surface area contributed by atoms with E-state index in [1.54, 1.807) is 7.05 Å². The van der Waals surface area contributed by atoms with Crippen LogP contribution in [0.1, 0.15) is 91.4 Å². The van der Waals surface area contributed by atoms with Crippen LogP contribution in [-0.4, -0.2) is 97.2 Å². The summed E-state index contributed by atoms with van der Waals surface area (Å²) in [4.78, 5) is 11.1. The summed E-state index contributed by atoms with van der Waals surface area (Å²) in [7, 11) is 1.57. The average Bonchev–Trinajstić information content (AvgIpc) is 3.28. The molecule has 0 bridgehead atoms. The summed E-state index contributed by atoms with van der Waals surface area (Å²) < 4.78 is 0. The van der Waals surface area contributed by atoms with E-state index in [4.69, 9.17) is 25.5 Å². The molecule has 12 atom stereocenters. The smallest absolute Gasteiger partial charge is 0.303 e. The number of aliphatic hydroxyl groups is 7. The van der Waals surface area contributed by atoms with Gasteiger partial charge in [-0.2, -0.15) is 0 Å². The number of carboxylic acid groups (broad SMARTS) is 1. The molecule has 0 spiro atoms. The number of aliphatic hydroxyl groups excluding tert-OH is 5. The second-order valence-electron chi connectivity index (χ2n) is 14.1. The van der Waals surface area contributed by atoms with E-state index in [-0.39, 0.29) is 18.4 Å². The van der Waals surface area contributed by atoms with E-state index in [0.717, 1.165) is 32.1 Å². The SMILES string of the molecule is CNC[C@H](O)[C@@H](O)[C@H](O)[C@H](O)CO.C[C@H](CCC(=O)O)[C@H]1CC[C@H]2[C@@H]3CC[C@@H]4CCCC(O)(O)[C@]4(C)[C@H]3CC[C@]12C. The Labute approximate surface area is 245 Å². The van der Waals surface area contributed by atoms with Gasteiger partial charge in [-0.3, -0.25) is 4.79 Å². The molecule has 0 aromatic rings. The van der Waals surface area contributed by atoms with Crippen molar-refractivity contribution in [3.8, 4) is 0 Å². The fourth-order valence-corrected chi connectivity index (χ4v) is 9.78. The minimum Gasteiger partial charge on any atom is -0.481 e. The average molecular weight is 588 g/mol. The highest BCUT2D eigenvalue weighted by molar-refractivity contribution is 5.66. The summed E-state index contributed by atoms with van der Waals surface area (Å²) in [6, 6.07) is 0. The zero-order valence-corrected chi connectivity index (χ0v) is 25.5. The molecule has 9 N–H and O–H groups in total. The molecule has 41 heavy (non-hydrogen) atoms. The maximum Gasteiger partial charge on any atom is 0.303 e.